The quantitative estimate of drug-likeness (QED) is 0.431. The predicted octanol–water partition coefficient (Wildman–Crippen LogP) is 3.32. The highest BCUT2D eigenvalue weighted by Gasteiger charge is 2.59. The highest BCUT2D eigenvalue weighted by molar-refractivity contribution is 5.80. The van der Waals surface area contributed by atoms with Gasteiger partial charge in [-0.15, -0.1) is 0 Å². The molecule has 0 radical (unpaired) electrons. The lowest BCUT2D eigenvalue weighted by atomic mass is 9.57. The summed E-state index contributed by atoms with van der Waals surface area (Å²) in [7, 11) is 0. The van der Waals surface area contributed by atoms with Crippen molar-refractivity contribution < 1.29 is 4.74 Å². The van der Waals surface area contributed by atoms with Crippen LogP contribution in [0.5, 0.6) is 0 Å². The van der Waals surface area contributed by atoms with Crippen LogP contribution in [0.2, 0.25) is 0 Å². The molecule has 4 atom stereocenters. The van der Waals surface area contributed by atoms with Gasteiger partial charge < -0.3 is 15.4 Å². The van der Waals surface area contributed by atoms with Crippen LogP contribution in [0.1, 0.15) is 66.7 Å². The summed E-state index contributed by atoms with van der Waals surface area (Å²) >= 11 is 0. The number of nitrogens with one attached hydrogen (secondary N) is 2. The van der Waals surface area contributed by atoms with Crippen molar-refractivity contribution in [2.45, 2.75) is 84.9 Å². The van der Waals surface area contributed by atoms with Gasteiger partial charge in [-0.05, 0) is 26.7 Å². The van der Waals surface area contributed by atoms with E-state index < -0.39 is 0 Å². The number of guanidine groups is 1. The Kier molecular flexibility index (Phi) is 6.13. The Morgan fingerprint density at radius 1 is 1.32 bits per heavy atom. The average molecular weight is 309 g/mol. The molecule has 4 unspecified atom stereocenters. The topological polar surface area (TPSA) is 45.7 Å². The fourth-order valence-corrected chi connectivity index (χ4v) is 4.06. The lowest BCUT2D eigenvalue weighted by Gasteiger charge is -2.55. The van der Waals surface area contributed by atoms with Gasteiger partial charge in [0.05, 0.1) is 6.10 Å². The van der Waals surface area contributed by atoms with Crippen LogP contribution in [0, 0.1) is 11.3 Å². The van der Waals surface area contributed by atoms with Crippen molar-refractivity contribution in [3.05, 3.63) is 0 Å². The van der Waals surface area contributed by atoms with Crippen molar-refractivity contribution in [3.63, 3.8) is 0 Å². The van der Waals surface area contributed by atoms with Crippen molar-refractivity contribution in [2.24, 2.45) is 16.3 Å². The first-order valence-electron chi connectivity index (χ1n) is 9.19. The van der Waals surface area contributed by atoms with Crippen molar-refractivity contribution in [1.29, 1.82) is 0 Å². The van der Waals surface area contributed by atoms with Crippen LogP contribution in [-0.4, -0.2) is 37.3 Å². The lowest BCUT2D eigenvalue weighted by molar-refractivity contribution is -0.106. The number of nitrogens with zero attached hydrogens (tertiary/aromatic N) is 1. The number of aliphatic imine (C=N–C) groups is 1. The van der Waals surface area contributed by atoms with Crippen LogP contribution in [-0.2, 0) is 4.74 Å². The monoisotopic (exact) mass is 309 g/mol. The minimum Gasteiger partial charge on any atom is -0.377 e. The van der Waals surface area contributed by atoms with E-state index in [-0.39, 0.29) is 5.41 Å². The van der Waals surface area contributed by atoms with Gasteiger partial charge in [0, 0.05) is 36.6 Å². The second-order valence-electron chi connectivity index (χ2n) is 7.55. The standard InChI is InChI=1S/C18H35N3O/c1-6-8-9-10-13(3)20-17(19-7-2)21-15-14-11-12-22-16(14)18(15,4)5/h13-16H,6-12H2,1-5H3,(H2,19,20,21). The molecule has 4 nitrogen and oxygen atoms in total. The fourth-order valence-electron chi connectivity index (χ4n) is 4.06. The number of rotatable bonds is 7. The van der Waals surface area contributed by atoms with E-state index in [1.165, 1.54) is 32.1 Å². The molecular weight excluding hydrogens is 274 g/mol. The molecule has 0 aromatic carbocycles. The van der Waals surface area contributed by atoms with Crippen molar-refractivity contribution in [3.8, 4) is 0 Å². The maximum Gasteiger partial charge on any atom is 0.191 e. The minimum absolute atomic E-state index is 0.197. The zero-order valence-electron chi connectivity index (χ0n) is 15.1. The van der Waals surface area contributed by atoms with Crippen LogP contribution in [0.25, 0.3) is 0 Å². The van der Waals surface area contributed by atoms with Gasteiger partial charge in [0.25, 0.3) is 0 Å². The van der Waals surface area contributed by atoms with Crippen LogP contribution < -0.4 is 10.6 Å². The van der Waals surface area contributed by atoms with Crippen molar-refractivity contribution >= 4 is 5.96 Å². The summed E-state index contributed by atoms with van der Waals surface area (Å²) in [5.74, 6) is 1.63. The van der Waals surface area contributed by atoms with Crippen LogP contribution >= 0.6 is 0 Å². The summed E-state index contributed by atoms with van der Waals surface area (Å²) in [5.41, 5.74) is 0.197. The normalized spacial score (nSPS) is 31.3. The first-order valence-corrected chi connectivity index (χ1v) is 9.19. The summed E-state index contributed by atoms with van der Waals surface area (Å²) in [5, 5.41) is 7.29. The second kappa shape index (κ2) is 7.67. The maximum atomic E-state index is 5.89. The van der Waals surface area contributed by atoms with Gasteiger partial charge in [-0.25, -0.2) is 0 Å². The van der Waals surface area contributed by atoms with E-state index in [4.69, 9.17) is 4.74 Å². The van der Waals surface area contributed by atoms with Crippen LogP contribution in [0.15, 0.2) is 4.99 Å². The summed E-state index contributed by atoms with van der Waals surface area (Å²) < 4.78 is 5.89. The molecule has 2 fully saturated rings. The Hall–Kier alpha value is -0.770. The van der Waals surface area contributed by atoms with Crippen LogP contribution in [0.4, 0.5) is 0 Å². The maximum absolute atomic E-state index is 5.89. The molecule has 128 valence electrons. The van der Waals surface area contributed by atoms with E-state index in [0.29, 0.717) is 24.1 Å². The highest BCUT2D eigenvalue weighted by Crippen LogP contribution is 2.52. The Morgan fingerprint density at radius 3 is 2.77 bits per heavy atom. The fraction of sp³-hybridized carbons (Fsp3) is 0.944. The van der Waals surface area contributed by atoms with E-state index in [0.717, 1.165) is 19.1 Å². The van der Waals surface area contributed by atoms with E-state index in [1.54, 1.807) is 0 Å². The summed E-state index contributed by atoms with van der Waals surface area (Å²) in [4.78, 5) is 4.65. The third-order valence-electron chi connectivity index (χ3n) is 5.33. The largest absolute Gasteiger partial charge is 0.377 e. The van der Waals surface area contributed by atoms with Gasteiger partial charge >= 0.3 is 0 Å². The van der Waals surface area contributed by atoms with Crippen molar-refractivity contribution in [2.75, 3.05) is 13.2 Å². The predicted molar refractivity (Wildman–Crippen MR) is 93.3 cm³/mol. The molecule has 1 aliphatic heterocycles. The molecule has 0 aromatic rings. The third-order valence-corrected chi connectivity index (χ3v) is 5.33. The molecule has 2 aliphatic rings. The Morgan fingerprint density at radius 2 is 2.09 bits per heavy atom. The first-order chi connectivity index (χ1) is 10.5. The molecule has 1 heterocycles. The van der Waals surface area contributed by atoms with Gasteiger partial charge in [0.2, 0.25) is 0 Å². The summed E-state index contributed by atoms with van der Waals surface area (Å²) in [6.45, 7) is 13.0. The average Bonchev–Trinajstić information content (AvgIpc) is 2.92. The van der Waals surface area contributed by atoms with Crippen molar-refractivity contribution in [1.82, 2.24) is 10.6 Å². The molecule has 1 saturated heterocycles. The summed E-state index contributed by atoms with van der Waals surface area (Å²) in [6.07, 6.45) is 6.70. The third kappa shape index (κ3) is 3.76. The molecule has 0 spiro atoms. The molecule has 0 amide bonds. The van der Waals surface area contributed by atoms with Gasteiger partial charge in [-0.1, -0.05) is 40.0 Å². The minimum atomic E-state index is 0.197. The smallest absolute Gasteiger partial charge is 0.191 e. The number of fused-ring (bicyclic) bond motifs is 1. The SMILES string of the molecule is CCCCCC(C)NC(=NCC)NC1C2CCOC2C1(C)C. The van der Waals surface area contributed by atoms with E-state index >= 15 is 0 Å². The molecule has 2 N–H and O–H groups in total. The van der Waals surface area contributed by atoms with E-state index in [1.807, 2.05) is 0 Å². The van der Waals surface area contributed by atoms with Gasteiger partial charge in [0.15, 0.2) is 5.96 Å². The molecule has 2 rings (SSSR count). The van der Waals surface area contributed by atoms with Gasteiger partial charge in [0.1, 0.15) is 0 Å². The number of unbranched alkanes of at least 4 members (excludes halogenated alkanes) is 2. The molecule has 22 heavy (non-hydrogen) atoms. The first kappa shape index (κ1) is 17.6. The molecule has 1 aliphatic carbocycles. The molecule has 1 saturated carbocycles. The molecule has 4 heteroatoms. The zero-order valence-corrected chi connectivity index (χ0v) is 15.1. The lowest BCUT2D eigenvalue weighted by Crippen LogP contribution is -2.68. The zero-order chi connectivity index (χ0) is 16.2. The number of hydrogen-bond donors (Lipinski definition) is 2. The summed E-state index contributed by atoms with van der Waals surface area (Å²) in [6, 6.07) is 0.948. The van der Waals surface area contributed by atoms with E-state index in [2.05, 4.69) is 50.2 Å². The highest BCUT2D eigenvalue weighted by atomic mass is 16.5. The number of hydrogen-bond acceptors (Lipinski definition) is 2. The number of ether oxygens (including phenoxy) is 1. The Bertz CT molecular complexity index is 381. The molecule has 0 bridgehead atoms. The second-order valence-corrected chi connectivity index (χ2v) is 7.55. The van der Waals surface area contributed by atoms with Gasteiger partial charge in [-0.2, -0.15) is 0 Å². The van der Waals surface area contributed by atoms with Crippen LogP contribution in [0.3, 0.4) is 0 Å². The Balaban J connectivity index is 1.88. The molecule has 0 aromatic heterocycles. The molecular formula is C18H35N3O. The van der Waals surface area contributed by atoms with Gasteiger partial charge in [-0.3, -0.25) is 4.99 Å². The Labute approximate surface area is 136 Å². The van der Waals surface area contributed by atoms with E-state index in [9.17, 15) is 0 Å².